The van der Waals surface area contributed by atoms with Crippen LogP contribution in [0.2, 0.25) is 0 Å². The molecule has 2 amide bonds. The van der Waals surface area contributed by atoms with E-state index in [1.807, 2.05) is 35.4 Å². The van der Waals surface area contributed by atoms with E-state index in [1.165, 1.54) is 11.3 Å². The predicted molar refractivity (Wildman–Crippen MR) is 113 cm³/mol. The van der Waals surface area contributed by atoms with E-state index in [0.29, 0.717) is 31.1 Å². The minimum Gasteiger partial charge on any atom is -0.353 e. The average Bonchev–Trinajstić information content (AvgIpc) is 3.17. The standard InChI is InChI=1S/C21H28N4O2S/c1-4-15(2)13-23-20(26)17-5-6-18(22-14-17)24-8-10-25(11-9-24)21(27)19-16(3)7-12-28-19/h5-7,12,14-15H,4,8-11,13H2,1-3H3,(H,23,26). The van der Waals surface area contributed by atoms with Crippen LogP contribution in [0.5, 0.6) is 0 Å². The zero-order valence-electron chi connectivity index (χ0n) is 16.8. The molecule has 0 aliphatic carbocycles. The summed E-state index contributed by atoms with van der Waals surface area (Å²) in [4.78, 5) is 34.2. The van der Waals surface area contributed by atoms with Crippen LogP contribution >= 0.6 is 11.3 Å². The van der Waals surface area contributed by atoms with E-state index in [-0.39, 0.29) is 11.8 Å². The summed E-state index contributed by atoms with van der Waals surface area (Å²) in [6, 6.07) is 5.69. The van der Waals surface area contributed by atoms with Crippen molar-refractivity contribution in [2.24, 2.45) is 5.92 Å². The molecule has 1 aliphatic heterocycles. The molecule has 1 aliphatic rings. The Hall–Kier alpha value is -2.41. The third-order valence-corrected chi connectivity index (χ3v) is 6.27. The Balaban J connectivity index is 1.54. The number of rotatable bonds is 6. The van der Waals surface area contributed by atoms with Gasteiger partial charge < -0.3 is 15.1 Å². The van der Waals surface area contributed by atoms with Gasteiger partial charge in [-0.25, -0.2) is 4.98 Å². The molecule has 3 rings (SSSR count). The summed E-state index contributed by atoms with van der Waals surface area (Å²) < 4.78 is 0. The van der Waals surface area contributed by atoms with Crippen molar-refractivity contribution in [3.63, 3.8) is 0 Å². The molecule has 1 fully saturated rings. The number of hydrogen-bond acceptors (Lipinski definition) is 5. The van der Waals surface area contributed by atoms with Crippen molar-refractivity contribution in [1.29, 1.82) is 0 Å². The van der Waals surface area contributed by atoms with Gasteiger partial charge >= 0.3 is 0 Å². The number of aromatic nitrogens is 1. The second kappa shape index (κ2) is 9.19. The highest BCUT2D eigenvalue weighted by molar-refractivity contribution is 7.12. The highest BCUT2D eigenvalue weighted by Crippen LogP contribution is 2.20. The van der Waals surface area contributed by atoms with Crippen LogP contribution in [0, 0.1) is 12.8 Å². The van der Waals surface area contributed by atoms with Gasteiger partial charge in [-0.1, -0.05) is 20.3 Å². The van der Waals surface area contributed by atoms with Gasteiger partial charge in [-0.15, -0.1) is 11.3 Å². The molecule has 1 saturated heterocycles. The number of amides is 2. The zero-order valence-corrected chi connectivity index (χ0v) is 17.6. The number of nitrogens with zero attached hydrogens (tertiary/aromatic N) is 3. The van der Waals surface area contributed by atoms with Crippen LogP contribution in [0.1, 0.15) is 45.9 Å². The van der Waals surface area contributed by atoms with Gasteiger partial charge in [-0.3, -0.25) is 9.59 Å². The first-order valence-corrected chi connectivity index (χ1v) is 10.7. The Bertz CT molecular complexity index is 810. The SMILES string of the molecule is CCC(C)CNC(=O)c1ccc(N2CCN(C(=O)c3sccc3C)CC2)nc1. The third-order valence-electron chi connectivity index (χ3n) is 5.27. The molecule has 2 aromatic heterocycles. The topological polar surface area (TPSA) is 65.5 Å². The molecule has 0 bridgehead atoms. The largest absolute Gasteiger partial charge is 0.353 e. The first-order chi connectivity index (χ1) is 13.5. The molecule has 1 atom stereocenters. The number of pyridine rings is 1. The first-order valence-electron chi connectivity index (χ1n) is 9.82. The van der Waals surface area contributed by atoms with E-state index in [0.717, 1.165) is 35.8 Å². The molecule has 6 nitrogen and oxygen atoms in total. The van der Waals surface area contributed by atoms with Gasteiger partial charge in [0.25, 0.3) is 11.8 Å². The molecule has 2 aromatic rings. The van der Waals surface area contributed by atoms with Crippen molar-refractivity contribution in [2.75, 3.05) is 37.6 Å². The minimum absolute atomic E-state index is 0.0823. The lowest BCUT2D eigenvalue weighted by atomic mass is 10.1. The number of anilines is 1. The van der Waals surface area contributed by atoms with Crippen LogP contribution in [0.4, 0.5) is 5.82 Å². The Kier molecular flexibility index (Phi) is 6.67. The molecule has 3 heterocycles. The number of thiophene rings is 1. The van der Waals surface area contributed by atoms with Crippen LogP contribution in [-0.2, 0) is 0 Å². The maximum atomic E-state index is 12.6. The molecule has 7 heteroatoms. The van der Waals surface area contributed by atoms with Crippen LogP contribution in [-0.4, -0.2) is 54.4 Å². The van der Waals surface area contributed by atoms with Gasteiger partial charge in [-0.05, 0) is 42.0 Å². The highest BCUT2D eigenvalue weighted by atomic mass is 32.1. The molecule has 1 unspecified atom stereocenters. The summed E-state index contributed by atoms with van der Waals surface area (Å²) in [5, 5.41) is 4.91. The number of carbonyl (C=O) groups is 2. The quantitative estimate of drug-likeness (QED) is 0.809. The van der Waals surface area contributed by atoms with Gasteiger partial charge in [0.05, 0.1) is 10.4 Å². The van der Waals surface area contributed by atoms with E-state index >= 15 is 0 Å². The monoisotopic (exact) mass is 400 g/mol. The number of nitrogens with one attached hydrogen (secondary N) is 1. The van der Waals surface area contributed by atoms with Gasteiger partial charge in [0, 0.05) is 38.9 Å². The molecule has 28 heavy (non-hydrogen) atoms. The normalized spacial score (nSPS) is 15.4. The van der Waals surface area contributed by atoms with Gasteiger partial charge in [-0.2, -0.15) is 0 Å². The molecular formula is C21H28N4O2S. The lowest BCUT2D eigenvalue weighted by Gasteiger charge is -2.35. The molecule has 0 radical (unpaired) electrons. The number of piperazine rings is 1. The molecule has 1 N–H and O–H groups in total. The molecular weight excluding hydrogens is 372 g/mol. The van der Waals surface area contributed by atoms with Crippen molar-refractivity contribution < 1.29 is 9.59 Å². The van der Waals surface area contributed by atoms with Crippen molar-refractivity contribution >= 4 is 29.0 Å². The van der Waals surface area contributed by atoms with Crippen molar-refractivity contribution in [1.82, 2.24) is 15.2 Å². The van der Waals surface area contributed by atoms with Crippen LogP contribution < -0.4 is 10.2 Å². The Morgan fingerprint density at radius 2 is 1.96 bits per heavy atom. The lowest BCUT2D eigenvalue weighted by Crippen LogP contribution is -2.49. The minimum atomic E-state index is -0.0823. The van der Waals surface area contributed by atoms with Gasteiger partial charge in [0.15, 0.2) is 0 Å². The fraction of sp³-hybridized carbons (Fsp3) is 0.476. The van der Waals surface area contributed by atoms with Crippen LogP contribution in [0.3, 0.4) is 0 Å². The van der Waals surface area contributed by atoms with Crippen molar-refractivity contribution in [2.45, 2.75) is 27.2 Å². The highest BCUT2D eigenvalue weighted by Gasteiger charge is 2.24. The lowest BCUT2D eigenvalue weighted by molar-refractivity contribution is 0.0750. The second-order valence-electron chi connectivity index (χ2n) is 7.34. The fourth-order valence-electron chi connectivity index (χ4n) is 3.09. The Morgan fingerprint density at radius 3 is 2.54 bits per heavy atom. The van der Waals surface area contributed by atoms with Crippen molar-refractivity contribution in [3.8, 4) is 0 Å². The summed E-state index contributed by atoms with van der Waals surface area (Å²) >= 11 is 1.50. The second-order valence-corrected chi connectivity index (χ2v) is 8.26. The van der Waals surface area contributed by atoms with E-state index in [4.69, 9.17) is 0 Å². The van der Waals surface area contributed by atoms with E-state index in [9.17, 15) is 9.59 Å². The summed E-state index contributed by atoms with van der Waals surface area (Å²) in [5.41, 5.74) is 1.62. The Labute approximate surface area is 170 Å². The number of aryl methyl sites for hydroxylation is 1. The van der Waals surface area contributed by atoms with Gasteiger partial charge in [0.1, 0.15) is 5.82 Å². The molecule has 0 spiro atoms. The van der Waals surface area contributed by atoms with Crippen molar-refractivity contribution in [3.05, 3.63) is 45.8 Å². The Morgan fingerprint density at radius 1 is 1.21 bits per heavy atom. The zero-order chi connectivity index (χ0) is 20.1. The third kappa shape index (κ3) is 4.70. The first kappa shape index (κ1) is 20.3. The summed E-state index contributed by atoms with van der Waals surface area (Å²) in [6.45, 7) is 9.71. The van der Waals surface area contributed by atoms with E-state index < -0.39 is 0 Å². The van der Waals surface area contributed by atoms with E-state index in [1.54, 1.807) is 6.20 Å². The molecule has 0 aromatic carbocycles. The fourth-order valence-corrected chi connectivity index (χ4v) is 3.99. The molecule has 0 saturated carbocycles. The predicted octanol–water partition coefficient (Wildman–Crippen LogP) is 3.19. The van der Waals surface area contributed by atoms with E-state index in [2.05, 4.69) is 29.0 Å². The summed E-state index contributed by atoms with van der Waals surface area (Å²) in [5.74, 6) is 1.35. The van der Waals surface area contributed by atoms with Gasteiger partial charge in [0.2, 0.25) is 0 Å². The summed E-state index contributed by atoms with van der Waals surface area (Å²) in [6.07, 6.45) is 2.67. The summed E-state index contributed by atoms with van der Waals surface area (Å²) in [7, 11) is 0. The average molecular weight is 401 g/mol. The number of carbonyl (C=O) groups excluding carboxylic acids is 2. The van der Waals surface area contributed by atoms with Crippen LogP contribution in [0.15, 0.2) is 29.8 Å². The maximum Gasteiger partial charge on any atom is 0.264 e. The maximum absolute atomic E-state index is 12.6. The van der Waals surface area contributed by atoms with Crippen LogP contribution in [0.25, 0.3) is 0 Å². The number of hydrogen-bond donors (Lipinski definition) is 1. The molecule has 150 valence electrons. The smallest absolute Gasteiger partial charge is 0.264 e.